The number of ether oxygens (including phenoxy) is 5. The van der Waals surface area contributed by atoms with E-state index in [-0.39, 0.29) is 5.56 Å². The molecule has 1 N–H and O–H groups in total. The molecule has 0 radical (unpaired) electrons. The van der Waals surface area contributed by atoms with Gasteiger partial charge in [0.25, 0.3) is 5.91 Å². The zero-order valence-electron chi connectivity index (χ0n) is 15.2. The van der Waals surface area contributed by atoms with Gasteiger partial charge in [-0.2, -0.15) is 0 Å². The molecule has 0 unspecified atom stereocenters. The number of anilines is 1. The summed E-state index contributed by atoms with van der Waals surface area (Å²) in [6, 6.07) is 7.71. The third kappa shape index (κ3) is 4.40. The molecule has 0 atom stereocenters. The summed E-state index contributed by atoms with van der Waals surface area (Å²) in [4.78, 5) is 24.4. The largest absolute Gasteiger partial charge is 0.495 e. The van der Waals surface area contributed by atoms with Crippen LogP contribution in [0.25, 0.3) is 0 Å². The maximum atomic E-state index is 12.2. The van der Waals surface area contributed by atoms with Crippen LogP contribution in [0.1, 0.15) is 10.4 Å². The van der Waals surface area contributed by atoms with Crippen molar-refractivity contribution in [1.29, 1.82) is 0 Å². The van der Waals surface area contributed by atoms with E-state index in [9.17, 15) is 9.59 Å². The summed E-state index contributed by atoms with van der Waals surface area (Å²) < 4.78 is 26.2. The molecular weight excluding hydrogens is 390 g/mol. The number of halogens is 1. The van der Waals surface area contributed by atoms with Gasteiger partial charge in [0.1, 0.15) is 24.7 Å². The van der Waals surface area contributed by atoms with E-state index in [1.807, 2.05) is 0 Å². The lowest BCUT2D eigenvalue weighted by atomic mass is 10.2. The van der Waals surface area contributed by atoms with Crippen LogP contribution in [0.4, 0.5) is 5.69 Å². The van der Waals surface area contributed by atoms with Gasteiger partial charge in [-0.25, -0.2) is 4.79 Å². The van der Waals surface area contributed by atoms with E-state index in [2.05, 4.69) is 5.32 Å². The van der Waals surface area contributed by atoms with Gasteiger partial charge in [0, 0.05) is 12.1 Å². The Morgan fingerprint density at radius 3 is 2.46 bits per heavy atom. The molecule has 0 aromatic heterocycles. The van der Waals surface area contributed by atoms with E-state index in [4.69, 9.17) is 35.3 Å². The number of hydrogen-bond acceptors (Lipinski definition) is 7. The number of nitrogens with one attached hydrogen (secondary N) is 1. The van der Waals surface area contributed by atoms with E-state index in [0.717, 1.165) is 0 Å². The molecule has 2 aromatic rings. The monoisotopic (exact) mass is 407 g/mol. The highest BCUT2D eigenvalue weighted by molar-refractivity contribution is 6.32. The summed E-state index contributed by atoms with van der Waals surface area (Å²) >= 11 is 6.03. The van der Waals surface area contributed by atoms with E-state index in [1.54, 1.807) is 12.1 Å². The second kappa shape index (κ2) is 8.71. The van der Waals surface area contributed by atoms with Crippen molar-refractivity contribution >= 4 is 29.2 Å². The Hall–Kier alpha value is -3.13. The second-order valence-corrected chi connectivity index (χ2v) is 6.08. The minimum Gasteiger partial charge on any atom is -0.495 e. The average Bonchev–Trinajstić information content (AvgIpc) is 2.72. The molecule has 1 heterocycles. The zero-order chi connectivity index (χ0) is 20.1. The highest BCUT2D eigenvalue weighted by atomic mass is 35.5. The van der Waals surface area contributed by atoms with Crippen LogP contribution in [-0.2, 0) is 9.53 Å². The molecule has 0 saturated heterocycles. The number of esters is 1. The van der Waals surface area contributed by atoms with Gasteiger partial charge in [-0.15, -0.1) is 0 Å². The predicted molar refractivity (Wildman–Crippen MR) is 101 cm³/mol. The standard InChI is InChI=1S/C19H18ClNO7/c1-24-15-9-13(16(25-2)8-12(15)20)21-18(22)10-28-19(23)11-3-4-14-17(7-11)27-6-5-26-14/h3-4,7-9H,5-6,10H2,1-2H3,(H,21,22). The topological polar surface area (TPSA) is 92.3 Å². The predicted octanol–water partition coefficient (Wildman–Crippen LogP) is 2.92. The molecule has 1 aliphatic heterocycles. The van der Waals surface area contributed by atoms with Gasteiger partial charge >= 0.3 is 5.97 Å². The summed E-state index contributed by atoms with van der Waals surface area (Å²) in [5.41, 5.74) is 0.590. The van der Waals surface area contributed by atoms with Crippen LogP contribution in [0, 0.1) is 0 Å². The van der Waals surface area contributed by atoms with Crippen molar-refractivity contribution in [2.75, 3.05) is 39.4 Å². The minimum atomic E-state index is -0.659. The molecule has 9 heteroatoms. The fraction of sp³-hybridized carbons (Fsp3) is 0.263. The molecule has 148 valence electrons. The second-order valence-electron chi connectivity index (χ2n) is 5.67. The van der Waals surface area contributed by atoms with Gasteiger partial charge in [0.2, 0.25) is 0 Å². The van der Waals surface area contributed by atoms with Crippen LogP contribution in [0.15, 0.2) is 30.3 Å². The Morgan fingerprint density at radius 1 is 1.04 bits per heavy atom. The third-order valence-electron chi connectivity index (χ3n) is 3.86. The molecule has 1 amide bonds. The van der Waals surface area contributed by atoms with E-state index in [0.29, 0.717) is 46.9 Å². The van der Waals surface area contributed by atoms with Gasteiger partial charge < -0.3 is 29.0 Å². The molecule has 1 aliphatic rings. The van der Waals surface area contributed by atoms with Gasteiger partial charge in [-0.3, -0.25) is 4.79 Å². The van der Waals surface area contributed by atoms with Crippen molar-refractivity contribution < 1.29 is 33.3 Å². The number of fused-ring (bicyclic) bond motifs is 1. The lowest BCUT2D eigenvalue weighted by Gasteiger charge is -2.18. The average molecular weight is 408 g/mol. The normalized spacial score (nSPS) is 12.1. The fourth-order valence-corrected chi connectivity index (χ4v) is 2.76. The minimum absolute atomic E-state index is 0.253. The molecular formula is C19H18ClNO7. The Morgan fingerprint density at radius 2 is 1.75 bits per heavy atom. The van der Waals surface area contributed by atoms with Crippen molar-refractivity contribution in [3.05, 3.63) is 40.9 Å². The van der Waals surface area contributed by atoms with Crippen molar-refractivity contribution in [1.82, 2.24) is 0 Å². The molecule has 0 bridgehead atoms. The maximum Gasteiger partial charge on any atom is 0.338 e. The number of benzene rings is 2. The van der Waals surface area contributed by atoms with Crippen LogP contribution >= 0.6 is 11.6 Å². The van der Waals surface area contributed by atoms with Crippen molar-refractivity contribution in [2.45, 2.75) is 0 Å². The lowest BCUT2D eigenvalue weighted by Crippen LogP contribution is -2.21. The summed E-state index contributed by atoms with van der Waals surface area (Å²) in [7, 11) is 2.89. The van der Waals surface area contributed by atoms with E-state index < -0.39 is 18.5 Å². The SMILES string of the molecule is COc1cc(NC(=O)COC(=O)c2ccc3c(c2)OCCO3)c(OC)cc1Cl. The zero-order valence-corrected chi connectivity index (χ0v) is 16.0. The Kier molecular flexibility index (Phi) is 6.10. The van der Waals surface area contributed by atoms with Crippen LogP contribution in [0.3, 0.4) is 0 Å². The number of hydrogen-bond donors (Lipinski definition) is 1. The fourth-order valence-electron chi connectivity index (χ4n) is 2.53. The Bertz CT molecular complexity index is 900. The van der Waals surface area contributed by atoms with E-state index >= 15 is 0 Å². The number of carbonyl (C=O) groups is 2. The van der Waals surface area contributed by atoms with Gasteiger partial charge in [-0.1, -0.05) is 11.6 Å². The number of methoxy groups -OCH3 is 2. The van der Waals surface area contributed by atoms with Crippen molar-refractivity contribution in [3.8, 4) is 23.0 Å². The molecule has 0 aliphatic carbocycles. The number of carbonyl (C=O) groups excluding carboxylic acids is 2. The van der Waals surface area contributed by atoms with Gasteiger partial charge in [0.05, 0.1) is 30.5 Å². The molecule has 3 rings (SSSR count). The molecule has 8 nitrogen and oxygen atoms in total. The molecule has 0 fully saturated rings. The first-order valence-electron chi connectivity index (χ1n) is 8.30. The van der Waals surface area contributed by atoms with Gasteiger partial charge in [-0.05, 0) is 18.2 Å². The smallest absolute Gasteiger partial charge is 0.338 e. The first kappa shape index (κ1) is 19.6. The summed E-state index contributed by atoms with van der Waals surface area (Å²) in [6.45, 7) is 0.373. The highest BCUT2D eigenvalue weighted by Gasteiger charge is 2.18. The van der Waals surface area contributed by atoms with Crippen molar-refractivity contribution in [3.63, 3.8) is 0 Å². The van der Waals surface area contributed by atoms with Crippen LogP contribution in [-0.4, -0.2) is 45.9 Å². The molecule has 28 heavy (non-hydrogen) atoms. The summed E-state index contributed by atoms with van der Waals surface area (Å²) in [6.07, 6.45) is 0. The van der Waals surface area contributed by atoms with Crippen LogP contribution < -0.4 is 24.3 Å². The van der Waals surface area contributed by atoms with Crippen molar-refractivity contribution in [2.24, 2.45) is 0 Å². The quantitative estimate of drug-likeness (QED) is 0.736. The van der Waals surface area contributed by atoms with Crippen LogP contribution in [0.5, 0.6) is 23.0 Å². The lowest BCUT2D eigenvalue weighted by molar-refractivity contribution is -0.119. The molecule has 0 saturated carbocycles. The summed E-state index contributed by atoms with van der Waals surface area (Å²) in [5, 5.41) is 2.93. The molecule has 0 spiro atoms. The third-order valence-corrected chi connectivity index (χ3v) is 4.16. The van der Waals surface area contributed by atoms with E-state index in [1.165, 1.54) is 32.4 Å². The molecule has 2 aromatic carbocycles. The maximum absolute atomic E-state index is 12.2. The van der Waals surface area contributed by atoms with Gasteiger partial charge in [0.15, 0.2) is 18.1 Å². The number of rotatable bonds is 6. The first-order valence-corrected chi connectivity index (χ1v) is 8.67. The first-order chi connectivity index (χ1) is 13.5. The highest BCUT2D eigenvalue weighted by Crippen LogP contribution is 2.36. The Balaban J connectivity index is 1.62. The van der Waals surface area contributed by atoms with Crippen LogP contribution in [0.2, 0.25) is 5.02 Å². The Labute approximate surface area is 166 Å². The summed E-state index contributed by atoms with van der Waals surface area (Å²) in [5.74, 6) is 0.525. The number of amides is 1.